The quantitative estimate of drug-likeness (QED) is 0.583. The zero-order valence-corrected chi connectivity index (χ0v) is 18.6. The van der Waals surface area contributed by atoms with Crippen LogP contribution in [0.1, 0.15) is 36.8 Å². The maximum Gasteiger partial charge on any atom is 0.222 e. The second-order valence-corrected chi connectivity index (χ2v) is 8.72. The summed E-state index contributed by atoms with van der Waals surface area (Å²) in [6, 6.07) is 13.8. The van der Waals surface area contributed by atoms with Gasteiger partial charge in [0.2, 0.25) is 11.8 Å². The molecule has 1 saturated heterocycles. The van der Waals surface area contributed by atoms with Gasteiger partial charge in [-0.25, -0.2) is 0 Å². The van der Waals surface area contributed by atoms with Crippen molar-refractivity contribution < 1.29 is 14.3 Å². The first-order valence-electron chi connectivity index (χ1n) is 10.4. The van der Waals surface area contributed by atoms with Crippen molar-refractivity contribution in [2.24, 2.45) is 0 Å². The number of hydrogen-bond acceptors (Lipinski definition) is 6. The Morgan fingerprint density at radius 1 is 1.19 bits per heavy atom. The van der Waals surface area contributed by atoms with Crippen molar-refractivity contribution in [3.63, 3.8) is 0 Å². The lowest BCUT2D eigenvalue weighted by Crippen LogP contribution is -2.44. The number of ether oxygens (including phenoxy) is 1. The van der Waals surface area contributed by atoms with E-state index in [1.54, 1.807) is 12.0 Å². The Kier molecular flexibility index (Phi) is 6.18. The number of amides is 2. The van der Waals surface area contributed by atoms with E-state index in [-0.39, 0.29) is 11.8 Å². The van der Waals surface area contributed by atoms with E-state index in [0.717, 1.165) is 34.3 Å². The van der Waals surface area contributed by atoms with Gasteiger partial charge >= 0.3 is 0 Å². The van der Waals surface area contributed by atoms with E-state index in [2.05, 4.69) is 14.1 Å². The fourth-order valence-corrected chi connectivity index (χ4v) is 4.70. The molecule has 1 aliphatic rings. The molecule has 0 unspecified atom stereocenters. The molecule has 1 atom stereocenters. The number of nitrogens with zero attached hydrogens (tertiary/aromatic N) is 3. The number of fused-ring (bicyclic) bond motifs is 1. The van der Waals surface area contributed by atoms with E-state index >= 15 is 0 Å². The molecule has 1 aromatic heterocycles. The fraction of sp³-hybridized carbons (Fsp3) is 0.391. The number of nitrogens with one attached hydrogen (secondary N) is 1. The van der Waals surface area contributed by atoms with E-state index in [0.29, 0.717) is 32.2 Å². The topological polar surface area (TPSA) is 84.4 Å². The van der Waals surface area contributed by atoms with Gasteiger partial charge in [-0.3, -0.25) is 9.59 Å². The summed E-state index contributed by atoms with van der Waals surface area (Å²) >= 11 is 1.19. The van der Waals surface area contributed by atoms with E-state index in [9.17, 15) is 9.59 Å². The second kappa shape index (κ2) is 9.01. The number of hydrogen-bond donors (Lipinski definition) is 1. The molecule has 0 saturated carbocycles. The Labute approximate surface area is 185 Å². The summed E-state index contributed by atoms with van der Waals surface area (Å²) < 4.78 is 13.8. The molecule has 0 bridgehead atoms. The predicted molar refractivity (Wildman–Crippen MR) is 120 cm³/mol. The van der Waals surface area contributed by atoms with Gasteiger partial charge in [0.05, 0.1) is 18.8 Å². The van der Waals surface area contributed by atoms with E-state index in [1.165, 1.54) is 11.7 Å². The number of rotatable bonds is 8. The largest absolute Gasteiger partial charge is 0.497 e. The summed E-state index contributed by atoms with van der Waals surface area (Å²) in [5, 5.41) is 3.15. The first kappa shape index (κ1) is 21.2. The molecule has 1 fully saturated rings. The lowest BCUT2D eigenvalue weighted by molar-refractivity contribution is -0.131. The van der Waals surface area contributed by atoms with Crippen LogP contribution in [0.2, 0.25) is 0 Å². The highest BCUT2D eigenvalue weighted by molar-refractivity contribution is 7.00. The van der Waals surface area contributed by atoms with Crippen molar-refractivity contribution in [2.45, 2.75) is 44.2 Å². The summed E-state index contributed by atoms with van der Waals surface area (Å²) in [6.45, 7) is 0.515. The van der Waals surface area contributed by atoms with Crippen LogP contribution in [-0.2, 0) is 22.6 Å². The summed E-state index contributed by atoms with van der Waals surface area (Å²) in [5.41, 5.74) is 3.45. The van der Waals surface area contributed by atoms with Gasteiger partial charge in [0, 0.05) is 32.0 Å². The highest BCUT2D eigenvalue weighted by atomic mass is 32.1. The van der Waals surface area contributed by atoms with Crippen LogP contribution in [-0.4, -0.2) is 45.2 Å². The van der Waals surface area contributed by atoms with Crippen LogP contribution < -0.4 is 10.1 Å². The van der Waals surface area contributed by atoms with Gasteiger partial charge in [-0.15, -0.1) is 0 Å². The lowest BCUT2D eigenvalue weighted by Gasteiger charge is -2.30. The van der Waals surface area contributed by atoms with Crippen LogP contribution in [0, 0.1) is 0 Å². The summed E-state index contributed by atoms with van der Waals surface area (Å²) in [4.78, 5) is 26.6. The van der Waals surface area contributed by atoms with Gasteiger partial charge in [-0.05, 0) is 54.7 Å². The van der Waals surface area contributed by atoms with E-state index < -0.39 is 5.54 Å². The monoisotopic (exact) mass is 438 g/mol. The van der Waals surface area contributed by atoms with Gasteiger partial charge in [0.1, 0.15) is 16.8 Å². The average molecular weight is 439 g/mol. The SMILES string of the molecule is COc1cccc(C[C@]2(CCC(=O)N(C)Cc3ccc4nsnc4c3)CCC(=O)N2)c1. The number of aromatic nitrogens is 2. The van der Waals surface area contributed by atoms with Gasteiger partial charge in [0.15, 0.2) is 0 Å². The number of carbonyl (C=O) groups is 2. The molecule has 162 valence electrons. The van der Waals surface area contributed by atoms with Crippen LogP contribution in [0.4, 0.5) is 0 Å². The Morgan fingerprint density at radius 2 is 2.03 bits per heavy atom. The molecule has 7 nitrogen and oxygen atoms in total. The maximum absolute atomic E-state index is 12.9. The van der Waals surface area contributed by atoms with Crippen molar-refractivity contribution in [2.75, 3.05) is 14.2 Å². The zero-order valence-electron chi connectivity index (χ0n) is 17.8. The molecule has 4 rings (SSSR count). The maximum atomic E-state index is 12.9. The van der Waals surface area contributed by atoms with Crippen molar-refractivity contribution in [3.05, 3.63) is 53.6 Å². The third kappa shape index (κ3) is 5.02. The summed E-state index contributed by atoms with van der Waals surface area (Å²) in [5.74, 6) is 0.900. The minimum absolute atomic E-state index is 0.0499. The van der Waals surface area contributed by atoms with Crippen LogP contribution in [0.3, 0.4) is 0 Å². The molecule has 2 heterocycles. The predicted octanol–water partition coefficient (Wildman–Crippen LogP) is 3.33. The molecule has 0 spiro atoms. The number of carbonyl (C=O) groups excluding carboxylic acids is 2. The molecule has 2 amide bonds. The number of methoxy groups -OCH3 is 1. The molecule has 1 N–H and O–H groups in total. The summed E-state index contributed by atoms with van der Waals surface area (Å²) in [7, 11) is 3.46. The highest BCUT2D eigenvalue weighted by Crippen LogP contribution is 2.31. The Bertz CT molecular complexity index is 1100. The molecule has 1 aliphatic heterocycles. The Balaban J connectivity index is 1.40. The smallest absolute Gasteiger partial charge is 0.222 e. The molecule has 0 aliphatic carbocycles. The molecule has 2 aromatic carbocycles. The molecule has 3 aromatic rings. The third-order valence-electron chi connectivity index (χ3n) is 5.89. The fourth-order valence-electron chi connectivity index (χ4n) is 4.18. The third-order valence-corrected chi connectivity index (χ3v) is 6.45. The average Bonchev–Trinajstić information content (AvgIpc) is 3.38. The summed E-state index contributed by atoms with van der Waals surface area (Å²) in [6.07, 6.45) is 2.89. The normalized spacial score (nSPS) is 18.2. The van der Waals surface area contributed by atoms with Crippen molar-refractivity contribution in [1.82, 2.24) is 19.0 Å². The van der Waals surface area contributed by atoms with E-state index in [1.807, 2.05) is 49.5 Å². The molecule has 31 heavy (non-hydrogen) atoms. The van der Waals surface area contributed by atoms with Crippen molar-refractivity contribution >= 4 is 34.6 Å². The van der Waals surface area contributed by atoms with Gasteiger partial charge in [-0.2, -0.15) is 8.75 Å². The van der Waals surface area contributed by atoms with Crippen LogP contribution in [0.5, 0.6) is 5.75 Å². The van der Waals surface area contributed by atoms with Crippen molar-refractivity contribution in [3.8, 4) is 5.75 Å². The Morgan fingerprint density at radius 3 is 2.81 bits per heavy atom. The minimum Gasteiger partial charge on any atom is -0.497 e. The molecule has 8 heteroatoms. The van der Waals surface area contributed by atoms with Gasteiger partial charge < -0.3 is 15.0 Å². The van der Waals surface area contributed by atoms with Crippen LogP contribution >= 0.6 is 11.7 Å². The first-order valence-corrected chi connectivity index (χ1v) is 11.1. The van der Waals surface area contributed by atoms with Gasteiger partial charge in [0.25, 0.3) is 0 Å². The molecular weight excluding hydrogens is 412 g/mol. The Hall–Kier alpha value is -3.00. The van der Waals surface area contributed by atoms with Crippen LogP contribution in [0.25, 0.3) is 11.0 Å². The first-order chi connectivity index (χ1) is 15.0. The van der Waals surface area contributed by atoms with Crippen LogP contribution in [0.15, 0.2) is 42.5 Å². The second-order valence-electron chi connectivity index (χ2n) is 8.19. The molecular formula is C23H26N4O3S. The van der Waals surface area contributed by atoms with E-state index in [4.69, 9.17) is 4.74 Å². The zero-order chi connectivity index (χ0) is 21.8. The number of benzene rings is 2. The molecule has 0 radical (unpaired) electrons. The standard InChI is InChI=1S/C23H26N4O3S/c1-27(15-17-6-7-19-20(13-17)26-31-25-19)22(29)9-11-23(10-8-21(28)24-23)14-16-4-3-5-18(12-16)30-2/h3-7,12-13H,8-11,14-15H2,1-2H3,(H,24,28)/t23-/m1/s1. The van der Waals surface area contributed by atoms with Crippen molar-refractivity contribution in [1.29, 1.82) is 0 Å². The lowest BCUT2D eigenvalue weighted by atomic mass is 9.85. The highest BCUT2D eigenvalue weighted by Gasteiger charge is 2.38. The van der Waals surface area contributed by atoms with Gasteiger partial charge in [-0.1, -0.05) is 18.2 Å². The minimum atomic E-state index is -0.398.